The number of benzene rings is 4. The van der Waals surface area contributed by atoms with E-state index in [0.29, 0.717) is 43.0 Å². The van der Waals surface area contributed by atoms with Crippen molar-refractivity contribution >= 4 is 50.4 Å². The van der Waals surface area contributed by atoms with Crippen LogP contribution in [0.25, 0.3) is 10.2 Å². The zero-order valence-corrected chi connectivity index (χ0v) is 45.3. The number of hydrogen-bond acceptors (Lipinski definition) is 10. The molecule has 0 saturated heterocycles. The number of amides is 2. The number of fused-ring (bicyclic) bond motifs is 1. The van der Waals surface area contributed by atoms with Crippen LogP contribution in [0.2, 0.25) is 0 Å². The summed E-state index contributed by atoms with van der Waals surface area (Å²) in [6.07, 6.45) is 0.980. The van der Waals surface area contributed by atoms with Crippen LogP contribution in [-0.2, 0) is 16.0 Å². The molecule has 0 saturated carbocycles. The molecule has 0 spiro atoms. The minimum absolute atomic E-state index is 0.0133. The summed E-state index contributed by atoms with van der Waals surface area (Å²) < 4.78 is 1.31. The van der Waals surface area contributed by atoms with Crippen LogP contribution in [0.15, 0.2) is 18.2 Å². The van der Waals surface area contributed by atoms with Crippen molar-refractivity contribution in [3.8, 4) is 6.07 Å². The third kappa shape index (κ3) is 14.1. The van der Waals surface area contributed by atoms with Gasteiger partial charge in [-0.05, 0) is 216 Å². The molecule has 0 aliphatic rings. The summed E-state index contributed by atoms with van der Waals surface area (Å²) in [6.45, 7) is 39.9. The van der Waals surface area contributed by atoms with Gasteiger partial charge in [0.15, 0.2) is 0 Å². The Kier molecular flexibility index (Phi) is 21.9. The number of nitriles is 1. The second-order valence-electron chi connectivity index (χ2n) is 18.6. The third-order valence-corrected chi connectivity index (χ3v) is 14.9. The van der Waals surface area contributed by atoms with Crippen molar-refractivity contribution in [2.45, 2.75) is 162 Å². The smallest absolute Gasteiger partial charge is 0.272 e. The SMILES string of the molecule is CC(=O)NCC(C)c1c(C)cc(N)c(C)c1C.CCc1nc2c(C)c(C)c(C(C)CNC(C)=O)c(C)c2s1.Cc1cc(N)c(C)c(C)c1C(C)CN.Cc1cc([N+](=O)[O-])c(C)c(C)c1C(C)C#N. The summed E-state index contributed by atoms with van der Waals surface area (Å²) in [5, 5.41) is 26.7. The predicted octanol–water partition coefficient (Wildman–Crippen LogP) is 11.9. The fourth-order valence-electron chi connectivity index (χ4n) is 9.25. The molecule has 5 aromatic rings. The van der Waals surface area contributed by atoms with Crippen molar-refractivity contribution in [1.82, 2.24) is 15.6 Å². The number of nitrogens with zero attached hydrogens (tertiary/aromatic N) is 3. The van der Waals surface area contributed by atoms with Crippen LogP contribution in [0.5, 0.6) is 0 Å². The maximum atomic E-state index is 11.2. The molecule has 1 aromatic heterocycles. The standard InChI is InChI=1S/C17H24N2OS.C14H22N2O.C12H14N2O2.C12H20N2/c1-7-14-19-16-11(4)10(3)15(12(5)17(16)21-14)9(2)8-18-13(6)20;1-8-6-13(15)10(3)11(4)14(8)9(2)7-16-12(5)17;1-7-5-11(14(15)16)9(3)10(4)12(7)8(2)6-13;1-7-5-11(14)9(3)10(4)12(7)8(2)6-13/h9H,7-8H2,1-6H3,(H,18,20);6,9H,7,15H2,1-5H3,(H,16,17);5,8H,1-4H3;5,8H,6,13-14H2,1-4H3. The second kappa shape index (κ2) is 25.5. The van der Waals surface area contributed by atoms with Gasteiger partial charge >= 0.3 is 0 Å². The number of nitrogen functional groups attached to an aromatic ring is 2. The van der Waals surface area contributed by atoms with Crippen molar-refractivity contribution in [3.05, 3.63) is 122 Å². The Morgan fingerprint density at radius 2 is 1.07 bits per heavy atom. The molecule has 4 atom stereocenters. The number of carbonyl (C=O) groups excluding carboxylic acids is 2. The normalized spacial score (nSPS) is 12.5. The lowest BCUT2D eigenvalue weighted by Gasteiger charge is -2.20. The van der Waals surface area contributed by atoms with Crippen molar-refractivity contribution in [1.29, 1.82) is 5.26 Å². The molecule has 2 amide bonds. The number of nitro groups is 1. The van der Waals surface area contributed by atoms with Crippen molar-refractivity contribution < 1.29 is 14.5 Å². The fourth-order valence-corrected chi connectivity index (χ4v) is 10.3. The molecule has 4 aromatic carbocycles. The molecule has 0 aliphatic heterocycles. The molecule has 68 heavy (non-hydrogen) atoms. The highest BCUT2D eigenvalue weighted by atomic mass is 32.1. The van der Waals surface area contributed by atoms with Crippen LogP contribution in [0.1, 0.15) is 166 Å². The molecule has 4 unspecified atom stereocenters. The molecule has 13 heteroatoms. The maximum Gasteiger partial charge on any atom is 0.272 e. The molecule has 0 bridgehead atoms. The number of nitro benzene ring substituents is 1. The van der Waals surface area contributed by atoms with E-state index in [0.717, 1.165) is 45.6 Å². The van der Waals surface area contributed by atoms with E-state index < -0.39 is 0 Å². The van der Waals surface area contributed by atoms with E-state index in [1.165, 1.54) is 70.9 Å². The summed E-state index contributed by atoms with van der Waals surface area (Å²) >= 11 is 1.80. The summed E-state index contributed by atoms with van der Waals surface area (Å²) in [4.78, 5) is 37.3. The van der Waals surface area contributed by atoms with E-state index in [4.69, 9.17) is 27.4 Å². The van der Waals surface area contributed by atoms with E-state index in [1.54, 1.807) is 45.1 Å². The van der Waals surface area contributed by atoms with Gasteiger partial charge in [0.1, 0.15) is 0 Å². The topological polar surface area (TPSA) is 216 Å². The number of nitrogens with two attached hydrogens (primary N) is 3. The predicted molar refractivity (Wildman–Crippen MR) is 286 cm³/mol. The molecule has 5 rings (SSSR count). The Morgan fingerprint density at radius 3 is 1.49 bits per heavy atom. The number of nitrogens with one attached hydrogen (secondary N) is 2. The Balaban J connectivity index is 0.000000315. The van der Waals surface area contributed by atoms with Gasteiger partial charge in [-0.2, -0.15) is 5.26 Å². The van der Waals surface area contributed by atoms with E-state index in [2.05, 4.69) is 99.8 Å². The van der Waals surface area contributed by atoms with Crippen LogP contribution >= 0.6 is 11.3 Å². The Morgan fingerprint density at radius 1 is 0.662 bits per heavy atom. The van der Waals surface area contributed by atoms with Crippen molar-refractivity contribution in [3.63, 3.8) is 0 Å². The van der Waals surface area contributed by atoms with E-state index >= 15 is 0 Å². The molecular formula is C55H80N8O4S. The van der Waals surface area contributed by atoms with Gasteiger partial charge in [0.2, 0.25) is 11.8 Å². The van der Waals surface area contributed by atoms with E-state index in [-0.39, 0.29) is 28.3 Å². The molecule has 0 aliphatic carbocycles. The minimum atomic E-state index is -0.379. The van der Waals surface area contributed by atoms with E-state index in [9.17, 15) is 19.7 Å². The molecule has 0 fully saturated rings. The molecule has 12 nitrogen and oxygen atoms in total. The number of anilines is 2. The monoisotopic (exact) mass is 949 g/mol. The van der Waals surface area contributed by atoms with Gasteiger partial charge in [-0.3, -0.25) is 19.7 Å². The van der Waals surface area contributed by atoms with Gasteiger partial charge in [-0.15, -0.1) is 11.3 Å². The van der Waals surface area contributed by atoms with Crippen LogP contribution < -0.4 is 27.8 Å². The van der Waals surface area contributed by atoms with Gasteiger partial charge in [0, 0.05) is 49.9 Å². The van der Waals surface area contributed by atoms with Crippen molar-refractivity contribution in [2.24, 2.45) is 5.73 Å². The summed E-state index contributed by atoms with van der Waals surface area (Å²) in [6, 6.07) is 7.78. The number of aryl methyl sites for hydroxylation is 6. The van der Waals surface area contributed by atoms with Crippen LogP contribution in [0.4, 0.5) is 17.1 Å². The number of hydrogen-bond donors (Lipinski definition) is 5. The third-order valence-electron chi connectivity index (χ3n) is 13.5. The number of aromatic nitrogens is 1. The van der Waals surface area contributed by atoms with Gasteiger partial charge in [0.05, 0.1) is 32.1 Å². The first-order chi connectivity index (χ1) is 31.6. The highest BCUT2D eigenvalue weighted by molar-refractivity contribution is 7.18. The Bertz CT molecular complexity index is 2680. The summed E-state index contributed by atoms with van der Waals surface area (Å²) in [5.41, 5.74) is 39.0. The zero-order valence-electron chi connectivity index (χ0n) is 44.5. The van der Waals surface area contributed by atoms with E-state index in [1.807, 2.05) is 32.9 Å². The summed E-state index contributed by atoms with van der Waals surface area (Å²) in [5.74, 6) is 0.830. The molecule has 370 valence electrons. The largest absolute Gasteiger partial charge is 0.398 e. The lowest BCUT2D eigenvalue weighted by atomic mass is 9.88. The zero-order chi connectivity index (χ0) is 52.2. The van der Waals surface area contributed by atoms with Crippen LogP contribution in [0, 0.1) is 105 Å². The lowest BCUT2D eigenvalue weighted by Crippen LogP contribution is -2.25. The molecule has 8 N–H and O–H groups in total. The number of thiazole rings is 1. The quantitative estimate of drug-likeness (QED) is 0.0483. The van der Waals surface area contributed by atoms with Crippen molar-refractivity contribution in [2.75, 3.05) is 31.1 Å². The average molecular weight is 949 g/mol. The first-order valence-corrected chi connectivity index (χ1v) is 24.4. The first kappa shape index (κ1) is 58.3. The highest BCUT2D eigenvalue weighted by Gasteiger charge is 2.22. The first-order valence-electron chi connectivity index (χ1n) is 23.5. The van der Waals surface area contributed by atoms with Crippen LogP contribution in [0.3, 0.4) is 0 Å². The molecular weight excluding hydrogens is 869 g/mol. The second-order valence-corrected chi connectivity index (χ2v) is 19.7. The molecule has 0 radical (unpaired) electrons. The highest BCUT2D eigenvalue weighted by Crippen LogP contribution is 2.37. The number of rotatable bonds is 11. The lowest BCUT2D eigenvalue weighted by molar-refractivity contribution is -0.385. The van der Waals surface area contributed by atoms with Gasteiger partial charge in [-0.25, -0.2) is 4.98 Å². The van der Waals surface area contributed by atoms with Gasteiger partial charge in [-0.1, -0.05) is 27.7 Å². The Hall–Kier alpha value is -5.84. The summed E-state index contributed by atoms with van der Waals surface area (Å²) in [7, 11) is 0. The fraction of sp³-hybridized carbons (Fsp3) is 0.491. The maximum absolute atomic E-state index is 11.2. The average Bonchev–Trinajstić information content (AvgIpc) is 3.72. The minimum Gasteiger partial charge on any atom is -0.398 e. The van der Waals surface area contributed by atoms with Crippen LogP contribution in [-0.4, -0.2) is 41.4 Å². The Labute approximate surface area is 411 Å². The van der Waals surface area contributed by atoms with Gasteiger partial charge < -0.3 is 27.8 Å². The molecule has 1 heterocycles. The number of carbonyl (C=O) groups is 2. The van der Waals surface area contributed by atoms with Gasteiger partial charge in [0.25, 0.3) is 5.69 Å².